The van der Waals surface area contributed by atoms with Crippen LogP contribution in [0.25, 0.3) is 0 Å². The number of likely N-dealkylation sites (tertiary alicyclic amines) is 1. The van der Waals surface area contributed by atoms with Gasteiger partial charge in [0.05, 0.1) is 19.0 Å². The minimum absolute atomic E-state index is 0.0154. The Morgan fingerprint density at radius 3 is 2.88 bits per heavy atom. The fourth-order valence-electron chi connectivity index (χ4n) is 3.36. The molecule has 0 aromatic heterocycles. The van der Waals surface area contributed by atoms with Gasteiger partial charge in [0.2, 0.25) is 5.91 Å². The van der Waals surface area contributed by atoms with E-state index < -0.39 is 0 Å². The van der Waals surface area contributed by atoms with Crippen molar-refractivity contribution >= 4 is 5.91 Å². The second kappa shape index (κ2) is 9.41. The maximum absolute atomic E-state index is 12.0. The molecular weight excluding hydrogens is 300 g/mol. The van der Waals surface area contributed by atoms with Crippen LogP contribution in [0, 0.1) is 11.3 Å². The minimum atomic E-state index is 0.0154. The van der Waals surface area contributed by atoms with E-state index in [1.807, 2.05) is 12.1 Å². The van der Waals surface area contributed by atoms with E-state index in [2.05, 4.69) is 53.2 Å². The number of nitriles is 1. The van der Waals surface area contributed by atoms with Crippen LogP contribution in [0.3, 0.4) is 0 Å². The molecule has 0 bridgehead atoms. The zero-order valence-corrected chi connectivity index (χ0v) is 14.7. The number of amides is 1. The highest BCUT2D eigenvalue weighted by molar-refractivity contribution is 5.78. The van der Waals surface area contributed by atoms with Gasteiger partial charge in [0.1, 0.15) is 0 Å². The molecule has 1 N–H and O–H groups in total. The van der Waals surface area contributed by atoms with E-state index in [1.165, 1.54) is 5.56 Å². The van der Waals surface area contributed by atoms with E-state index in [4.69, 9.17) is 5.26 Å². The Hall–Kier alpha value is -1.90. The quantitative estimate of drug-likeness (QED) is 0.743. The van der Waals surface area contributed by atoms with Gasteiger partial charge < -0.3 is 5.32 Å². The van der Waals surface area contributed by atoms with Crippen molar-refractivity contribution in [2.75, 3.05) is 32.7 Å². The number of hydrogen-bond acceptors (Lipinski definition) is 4. The van der Waals surface area contributed by atoms with Crippen molar-refractivity contribution in [2.24, 2.45) is 0 Å². The van der Waals surface area contributed by atoms with E-state index in [1.54, 1.807) is 0 Å². The first-order chi connectivity index (χ1) is 11.7. The molecule has 0 aliphatic carbocycles. The molecule has 0 saturated carbocycles. The van der Waals surface area contributed by atoms with Gasteiger partial charge in [0.25, 0.3) is 0 Å². The number of rotatable bonds is 8. The predicted octanol–water partition coefficient (Wildman–Crippen LogP) is 2.17. The van der Waals surface area contributed by atoms with Crippen LogP contribution in [0.15, 0.2) is 30.3 Å². The third-order valence-electron chi connectivity index (χ3n) is 4.85. The van der Waals surface area contributed by atoms with Gasteiger partial charge in [-0.2, -0.15) is 5.26 Å². The average Bonchev–Trinajstić information content (AvgIpc) is 3.10. The molecule has 130 valence electrons. The predicted molar refractivity (Wildman–Crippen MR) is 95.3 cm³/mol. The molecule has 1 fully saturated rings. The lowest BCUT2D eigenvalue weighted by atomic mass is 10.1. The highest BCUT2D eigenvalue weighted by Crippen LogP contribution is 2.26. The van der Waals surface area contributed by atoms with Gasteiger partial charge in [-0.1, -0.05) is 37.3 Å². The summed E-state index contributed by atoms with van der Waals surface area (Å²) in [5, 5.41) is 11.4. The molecule has 0 spiro atoms. The molecule has 1 heterocycles. The maximum atomic E-state index is 12.0. The molecule has 2 rings (SSSR count). The fraction of sp³-hybridized carbons (Fsp3) is 0.579. The minimum Gasteiger partial charge on any atom is -0.354 e. The van der Waals surface area contributed by atoms with E-state index in [-0.39, 0.29) is 5.91 Å². The smallest absolute Gasteiger partial charge is 0.234 e. The summed E-state index contributed by atoms with van der Waals surface area (Å²) in [7, 11) is 0. The molecular formula is C19H28N4O. The standard InChI is InChI=1S/C19H28N4O/c1-3-22(15-19(24)21-12-7-11-20)18-10-13-23(14-18)16(2)17-8-5-4-6-9-17/h4-6,8-9,16,18H,3,7,10,12-15H2,1-2H3,(H,21,24). The van der Waals surface area contributed by atoms with Gasteiger partial charge in [-0.3, -0.25) is 14.6 Å². The lowest BCUT2D eigenvalue weighted by molar-refractivity contribution is -0.122. The summed E-state index contributed by atoms with van der Waals surface area (Å²) in [4.78, 5) is 16.8. The molecule has 0 radical (unpaired) electrons. The van der Waals surface area contributed by atoms with Crippen LogP contribution in [0.4, 0.5) is 0 Å². The Bertz CT molecular complexity index is 554. The normalized spacial score (nSPS) is 19.2. The van der Waals surface area contributed by atoms with Crippen molar-refractivity contribution < 1.29 is 4.79 Å². The molecule has 1 aliphatic heterocycles. The number of nitrogens with one attached hydrogen (secondary N) is 1. The number of nitrogens with zero attached hydrogens (tertiary/aromatic N) is 3. The first-order valence-corrected chi connectivity index (χ1v) is 8.82. The Kier molecular flexibility index (Phi) is 7.23. The van der Waals surface area contributed by atoms with Gasteiger partial charge in [0, 0.05) is 31.7 Å². The van der Waals surface area contributed by atoms with Crippen LogP contribution in [-0.4, -0.2) is 54.5 Å². The van der Waals surface area contributed by atoms with Crippen molar-refractivity contribution in [1.82, 2.24) is 15.1 Å². The Morgan fingerprint density at radius 2 is 2.21 bits per heavy atom. The van der Waals surface area contributed by atoms with Crippen molar-refractivity contribution in [3.63, 3.8) is 0 Å². The zero-order valence-electron chi connectivity index (χ0n) is 14.7. The van der Waals surface area contributed by atoms with E-state index >= 15 is 0 Å². The molecule has 5 heteroatoms. The van der Waals surface area contributed by atoms with Gasteiger partial charge in [-0.25, -0.2) is 0 Å². The lowest BCUT2D eigenvalue weighted by Gasteiger charge is -2.29. The molecule has 1 saturated heterocycles. The summed E-state index contributed by atoms with van der Waals surface area (Å²) in [6.07, 6.45) is 1.46. The van der Waals surface area contributed by atoms with E-state index in [9.17, 15) is 4.79 Å². The van der Waals surface area contributed by atoms with Gasteiger partial charge >= 0.3 is 0 Å². The number of carbonyl (C=O) groups excluding carboxylic acids is 1. The zero-order chi connectivity index (χ0) is 17.4. The summed E-state index contributed by atoms with van der Waals surface area (Å²) in [5.41, 5.74) is 1.34. The largest absolute Gasteiger partial charge is 0.354 e. The van der Waals surface area contributed by atoms with Crippen LogP contribution in [0.5, 0.6) is 0 Å². The summed E-state index contributed by atoms with van der Waals surface area (Å²) >= 11 is 0. The van der Waals surface area contributed by atoms with Gasteiger partial charge in [-0.05, 0) is 25.5 Å². The molecule has 2 atom stereocenters. The number of carbonyl (C=O) groups is 1. The number of likely N-dealkylation sites (N-methyl/N-ethyl adjacent to an activating group) is 1. The summed E-state index contributed by atoms with van der Waals surface area (Å²) in [6, 6.07) is 13.4. The SMILES string of the molecule is CCN(CC(=O)NCCC#N)C1CCN(C(C)c2ccccc2)C1. The van der Waals surface area contributed by atoms with Crippen molar-refractivity contribution in [3.8, 4) is 6.07 Å². The van der Waals surface area contributed by atoms with Crippen LogP contribution in [-0.2, 0) is 4.79 Å². The van der Waals surface area contributed by atoms with Crippen molar-refractivity contribution in [1.29, 1.82) is 5.26 Å². The Morgan fingerprint density at radius 1 is 1.46 bits per heavy atom. The fourth-order valence-corrected chi connectivity index (χ4v) is 3.36. The van der Waals surface area contributed by atoms with Gasteiger partial charge in [0.15, 0.2) is 0 Å². The van der Waals surface area contributed by atoms with Crippen molar-refractivity contribution in [2.45, 2.75) is 38.8 Å². The first kappa shape index (κ1) is 18.4. The monoisotopic (exact) mass is 328 g/mol. The Balaban J connectivity index is 1.86. The lowest BCUT2D eigenvalue weighted by Crippen LogP contribution is -2.44. The van der Waals surface area contributed by atoms with Crippen LogP contribution in [0.2, 0.25) is 0 Å². The molecule has 5 nitrogen and oxygen atoms in total. The van der Waals surface area contributed by atoms with E-state index in [0.29, 0.717) is 31.6 Å². The third-order valence-corrected chi connectivity index (χ3v) is 4.85. The van der Waals surface area contributed by atoms with Crippen molar-refractivity contribution in [3.05, 3.63) is 35.9 Å². The summed E-state index contributed by atoms with van der Waals surface area (Å²) < 4.78 is 0. The highest BCUT2D eigenvalue weighted by atomic mass is 16.2. The molecule has 24 heavy (non-hydrogen) atoms. The summed E-state index contributed by atoms with van der Waals surface area (Å²) in [5.74, 6) is 0.0154. The number of benzene rings is 1. The molecule has 1 aromatic carbocycles. The Labute approximate surface area is 145 Å². The third kappa shape index (κ3) is 5.05. The summed E-state index contributed by atoms with van der Waals surface area (Å²) in [6.45, 7) is 8.13. The molecule has 1 amide bonds. The van der Waals surface area contributed by atoms with E-state index in [0.717, 1.165) is 26.1 Å². The number of hydrogen-bond donors (Lipinski definition) is 1. The topological polar surface area (TPSA) is 59.4 Å². The molecule has 1 aromatic rings. The second-order valence-corrected chi connectivity index (χ2v) is 6.35. The second-order valence-electron chi connectivity index (χ2n) is 6.35. The highest BCUT2D eigenvalue weighted by Gasteiger charge is 2.30. The van der Waals surface area contributed by atoms with Crippen LogP contribution >= 0.6 is 0 Å². The average molecular weight is 328 g/mol. The van der Waals surface area contributed by atoms with Crippen LogP contribution in [0.1, 0.15) is 38.3 Å². The maximum Gasteiger partial charge on any atom is 0.234 e. The van der Waals surface area contributed by atoms with Crippen LogP contribution < -0.4 is 5.32 Å². The first-order valence-electron chi connectivity index (χ1n) is 8.82. The van der Waals surface area contributed by atoms with Gasteiger partial charge in [-0.15, -0.1) is 0 Å². The molecule has 2 unspecified atom stereocenters. The molecule has 1 aliphatic rings.